The van der Waals surface area contributed by atoms with E-state index in [1.54, 1.807) is 18.5 Å². The molecule has 2 rings (SSSR count). The highest BCUT2D eigenvalue weighted by Crippen LogP contribution is 2.31. The van der Waals surface area contributed by atoms with Gasteiger partial charge in [0.05, 0.1) is 18.1 Å². The first-order valence-corrected chi connectivity index (χ1v) is 6.44. The van der Waals surface area contributed by atoms with Crippen LogP contribution < -0.4 is 9.47 Å². The van der Waals surface area contributed by atoms with E-state index in [9.17, 15) is 10.1 Å². The van der Waals surface area contributed by atoms with Gasteiger partial charge in [-0.05, 0) is 34.1 Å². The van der Waals surface area contributed by atoms with Crippen LogP contribution in [0.15, 0.2) is 41.1 Å². The standard InChI is InChI=1S/C13H11BrN2O4/c1-19-13-3-2-11(5-12(13)16(17)18)20-8-9-4-10(14)7-15-6-9/h2-7H,8H2,1H3. The number of nitro benzene ring substituents is 1. The summed E-state index contributed by atoms with van der Waals surface area (Å²) in [6.45, 7) is 0.274. The first kappa shape index (κ1) is 14.3. The number of hydrogen-bond acceptors (Lipinski definition) is 5. The smallest absolute Gasteiger partial charge is 0.314 e. The second-order valence-corrected chi connectivity index (χ2v) is 4.81. The molecule has 1 aromatic carbocycles. The number of pyridine rings is 1. The van der Waals surface area contributed by atoms with E-state index in [0.717, 1.165) is 10.0 Å². The molecule has 6 nitrogen and oxygen atoms in total. The average molecular weight is 339 g/mol. The summed E-state index contributed by atoms with van der Waals surface area (Å²) in [7, 11) is 1.38. The molecule has 0 aliphatic rings. The maximum atomic E-state index is 10.9. The molecule has 7 heteroatoms. The molecular weight excluding hydrogens is 328 g/mol. The quantitative estimate of drug-likeness (QED) is 0.617. The molecule has 0 saturated heterocycles. The lowest BCUT2D eigenvalue weighted by molar-refractivity contribution is -0.385. The van der Waals surface area contributed by atoms with E-state index in [0.29, 0.717) is 5.75 Å². The van der Waals surface area contributed by atoms with Gasteiger partial charge in [0.15, 0.2) is 5.75 Å². The molecule has 2 aromatic rings. The predicted octanol–water partition coefficient (Wildman–Crippen LogP) is 3.34. The Balaban J connectivity index is 2.14. The summed E-state index contributed by atoms with van der Waals surface area (Å²) < 4.78 is 11.3. The van der Waals surface area contributed by atoms with Crippen LogP contribution in [-0.4, -0.2) is 17.0 Å². The number of benzene rings is 1. The molecule has 0 spiro atoms. The Bertz CT molecular complexity index is 634. The summed E-state index contributed by atoms with van der Waals surface area (Å²) in [5, 5.41) is 10.9. The largest absolute Gasteiger partial charge is 0.490 e. The van der Waals surface area contributed by atoms with Crippen molar-refractivity contribution in [1.82, 2.24) is 4.98 Å². The summed E-state index contributed by atoms with van der Waals surface area (Å²) in [4.78, 5) is 14.4. The summed E-state index contributed by atoms with van der Waals surface area (Å²) >= 11 is 3.31. The van der Waals surface area contributed by atoms with Crippen LogP contribution >= 0.6 is 15.9 Å². The molecule has 0 N–H and O–H groups in total. The van der Waals surface area contributed by atoms with E-state index < -0.39 is 4.92 Å². The Kier molecular flexibility index (Phi) is 4.52. The molecule has 0 aliphatic heterocycles. The lowest BCUT2D eigenvalue weighted by atomic mass is 10.2. The fraction of sp³-hybridized carbons (Fsp3) is 0.154. The molecule has 0 bridgehead atoms. The third-order valence-electron chi connectivity index (χ3n) is 2.51. The minimum absolute atomic E-state index is 0.127. The van der Waals surface area contributed by atoms with Gasteiger partial charge in [-0.1, -0.05) is 0 Å². The topological polar surface area (TPSA) is 74.5 Å². The molecule has 0 unspecified atom stereocenters. The van der Waals surface area contributed by atoms with Gasteiger partial charge in [-0.3, -0.25) is 15.1 Å². The van der Waals surface area contributed by atoms with Gasteiger partial charge in [0.1, 0.15) is 12.4 Å². The highest BCUT2D eigenvalue weighted by atomic mass is 79.9. The first-order chi connectivity index (χ1) is 9.60. The molecular formula is C13H11BrN2O4. The number of halogens is 1. The predicted molar refractivity (Wildman–Crippen MR) is 75.9 cm³/mol. The van der Waals surface area contributed by atoms with Crippen molar-refractivity contribution in [3.63, 3.8) is 0 Å². The SMILES string of the molecule is COc1ccc(OCc2cncc(Br)c2)cc1[N+](=O)[O-]. The first-order valence-electron chi connectivity index (χ1n) is 5.65. The van der Waals surface area contributed by atoms with Crippen molar-refractivity contribution in [3.05, 3.63) is 56.8 Å². The van der Waals surface area contributed by atoms with Gasteiger partial charge >= 0.3 is 5.69 Å². The van der Waals surface area contributed by atoms with Gasteiger partial charge in [0.2, 0.25) is 0 Å². The Morgan fingerprint density at radius 3 is 2.80 bits per heavy atom. The van der Waals surface area contributed by atoms with E-state index >= 15 is 0 Å². The number of ether oxygens (including phenoxy) is 2. The maximum Gasteiger partial charge on any atom is 0.314 e. The minimum Gasteiger partial charge on any atom is -0.490 e. The number of nitro groups is 1. The van der Waals surface area contributed by atoms with Crippen LogP contribution in [0.5, 0.6) is 11.5 Å². The number of hydrogen-bond donors (Lipinski definition) is 0. The summed E-state index contributed by atoms with van der Waals surface area (Å²) in [6, 6.07) is 6.33. The van der Waals surface area contributed by atoms with Crippen molar-refractivity contribution in [3.8, 4) is 11.5 Å². The molecule has 1 aromatic heterocycles. The molecule has 20 heavy (non-hydrogen) atoms. The zero-order valence-corrected chi connectivity index (χ0v) is 12.2. The summed E-state index contributed by atoms with van der Waals surface area (Å²) in [5.41, 5.74) is 0.732. The molecule has 0 radical (unpaired) electrons. The Labute approximate surface area is 123 Å². The fourth-order valence-electron chi connectivity index (χ4n) is 1.60. The third kappa shape index (κ3) is 3.45. The fourth-order valence-corrected chi connectivity index (χ4v) is 2.02. The van der Waals surface area contributed by atoms with Crippen molar-refractivity contribution in [2.75, 3.05) is 7.11 Å². The monoisotopic (exact) mass is 338 g/mol. The zero-order chi connectivity index (χ0) is 14.5. The number of aromatic nitrogens is 1. The normalized spacial score (nSPS) is 10.1. The van der Waals surface area contributed by atoms with E-state index in [4.69, 9.17) is 9.47 Å². The second-order valence-electron chi connectivity index (χ2n) is 3.89. The average Bonchev–Trinajstić information content (AvgIpc) is 2.45. The third-order valence-corrected chi connectivity index (χ3v) is 2.95. The van der Waals surface area contributed by atoms with Crippen molar-refractivity contribution in [2.45, 2.75) is 6.61 Å². The lowest BCUT2D eigenvalue weighted by Gasteiger charge is -2.07. The van der Waals surface area contributed by atoms with E-state index in [2.05, 4.69) is 20.9 Å². The lowest BCUT2D eigenvalue weighted by Crippen LogP contribution is -1.98. The zero-order valence-electron chi connectivity index (χ0n) is 10.6. The van der Waals surface area contributed by atoms with E-state index in [1.165, 1.54) is 19.2 Å². The van der Waals surface area contributed by atoms with Gasteiger partial charge in [0, 0.05) is 22.4 Å². The highest BCUT2D eigenvalue weighted by Gasteiger charge is 2.15. The van der Waals surface area contributed by atoms with Crippen LogP contribution in [0.3, 0.4) is 0 Å². The molecule has 104 valence electrons. The molecule has 0 aliphatic carbocycles. The van der Waals surface area contributed by atoms with Gasteiger partial charge in [-0.25, -0.2) is 0 Å². The summed E-state index contributed by atoms with van der Waals surface area (Å²) in [6.07, 6.45) is 3.34. The van der Waals surface area contributed by atoms with Crippen LogP contribution in [-0.2, 0) is 6.61 Å². The minimum atomic E-state index is -0.508. The number of nitrogens with zero attached hydrogens (tertiary/aromatic N) is 2. The molecule has 1 heterocycles. The van der Waals surface area contributed by atoms with E-state index in [1.807, 2.05) is 6.07 Å². The van der Waals surface area contributed by atoms with E-state index in [-0.39, 0.29) is 18.0 Å². The number of methoxy groups -OCH3 is 1. The van der Waals surface area contributed by atoms with Crippen LogP contribution in [0.2, 0.25) is 0 Å². The van der Waals surface area contributed by atoms with Crippen molar-refractivity contribution in [2.24, 2.45) is 0 Å². The van der Waals surface area contributed by atoms with Crippen LogP contribution in [0.1, 0.15) is 5.56 Å². The Morgan fingerprint density at radius 2 is 2.15 bits per heavy atom. The molecule has 0 fully saturated rings. The van der Waals surface area contributed by atoms with Crippen LogP contribution in [0.4, 0.5) is 5.69 Å². The van der Waals surface area contributed by atoms with Crippen molar-refractivity contribution >= 4 is 21.6 Å². The summed E-state index contributed by atoms with van der Waals surface area (Å²) in [5.74, 6) is 0.601. The molecule has 0 saturated carbocycles. The number of rotatable bonds is 5. The van der Waals surface area contributed by atoms with Gasteiger partial charge in [0.25, 0.3) is 0 Å². The van der Waals surface area contributed by atoms with Gasteiger partial charge in [-0.2, -0.15) is 0 Å². The second kappa shape index (κ2) is 6.33. The van der Waals surface area contributed by atoms with Gasteiger partial charge in [-0.15, -0.1) is 0 Å². The molecule has 0 atom stereocenters. The van der Waals surface area contributed by atoms with Crippen LogP contribution in [0, 0.1) is 10.1 Å². The Morgan fingerprint density at radius 1 is 1.35 bits per heavy atom. The van der Waals surface area contributed by atoms with Crippen LogP contribution in [0.25, 0.3) is 0 Å². The van der Waals surface area contributed by atoms with Gasteiger partial charge < -0.3 is 9.47 Å². The van der Waals surface area contributed by atoms with Crippen molar-refractivity contribution in [1.29, 1.82) is 0 Å². The maximum absolute atomic E-state index is 10.9. The highest BCUT2D eigenvalue weighted by molar-refractivity contribution is 9.10. The molecule has 0 amide bonds. The Hall–Kier alpha value is -2.15. The van der Waals surface area contributed by atoms with Crippen molar-refractivity contribution < 1.29 is 14.4 Å².